The molecule has 0 aromatic heterocycles. The first-order valence-corrected chi connectivity index (χ1v) is 11.0. The molecule has 1 saturated heterocycles. The molecule has 0 unspecified atom stereocenters. The number of benzene rings is 1. The van der Waals surface area contributed by atoms with Crippen LogP contribution < -0.4 is 5.43 Å². The normalized spacial score (nSPS) is 16.9. The zero-order valence-corrected chi connectivity index (χ0v) is 15.7. The Bertz CT molecular complexity index is 563. The Labute approximate surface area is 139 Å². The summed E-state index contributed by atoms with van der Waals surface area (Å²) in [5.74, 6) is -0.979. The van der Waals surface area contributed by atoms with Gasteiger partial charge in [-0.1, -0.05) is 32.9 Å². The molecule has 0 amide bonds. The van der Waals surface area contributed by atoms with Crippen LogP contribution >= 0.6 is 0 Å². The van der Waals surface area contributed by atoms with E-state index in [-0.39, 0.29) is 11.0 Å². The fourth-order valence-corrected chi connectivity index (χ4v) is 3.08. The van der Waals surface area contributed by atoms with E-state index >= 15 is 0 Å². The summed E-state index contributed by atoms with van der Waals surface area (Å²) in [6, 6.07) is 8.13. The monoisotopic (exact) mass is 336 g/mol. The maximum Gasteiger partial charge on any atom is 0.309 e. The van der Waals surface area contributed by atoms with E-state index in [1.807, 2.05) is 17.1 Å². The summed E-state index contributed by atoms with van der Waals surface area (Å²) >= 11 is 0. The van der Waals surface area contributed by atoms with Gasteiger partial charge in [-0.25, -0.2) is 5.01 Å². The zero-order valence-electron chi connectivity index (χ0n) is 14.7. The van der Waals surface area contributed by atoms with Gasteiger partial charge in [0.2, 0.25) is 0 Å². The first-order chi connectivity index (χ1) is 10.6. The van der Waals surface area contributed by atoms with Crippen LogP contribution in [0.4, 0.5) is 5.69 Å². The van der Waals surface area contributed by atoms with E-state index in [1.54, 1.807) is 0 Å². The summed E-state index contributed by atoms with van der Waals surface area (Å²) in [7, 11) is -1.75. The van der Waals surface area contributed by atoms with Crippen molar-refractivity contribution in [1.29, 1.82) is 0 Å². The Kier molecular flexibility index (Phi) is 5.18. The minimum atomic E-state index is -1.75. The number of nitrogens with one attached hydrogen (secondary N) is 1. The van der Waals surface area contributed by atoms with Crippen LogP contribution in [0.25, 0.3) is 0 Å². The highest BCUT2D eigenvalue weighted by molar-refractivity contribution is 6.74. The van der Waals surface area contributed by atoms with Gasteiger partial charge in [0, 0.05) is 18.8 Å². The van der Waals surface area contributed by atoms with Crippen LogP contribution in [0.5, 0.6) is 0 Å². The molecule has 2 N–H and O–H groups in total. The van der Waals surface area contributed by atoms with E-state index < -0.39 is 14.3 Å². The molecular weight excluding hydrogens is 308 g/mol. The highest BCUT2D eigenvalue weighted by Crippen LogP contribution is 2.37. The van der Waals surface area contributed by atoms with Crippen LogP contribution in [0.1, 0.15) is 26.3 Å². The van der Waals surface area contributed by atoms with Gasteiger partial charge < -0.3 is 15.0 Å². The van der Waals surface area contributed by atoms with Crippen molar-refractivity contribution in [3.8, 4) is 0 Å². The number of carbonyl (C=O) groups is 1. The van der Waals surface area contributed by atoms with Gasteiger partial charge in [0.05, 0.1) is 12.5 Å². The van der Waals surface area contributed by atoms with Crippen molar-refractivity contribution in [3.63, 3.8) is 0 Å². The summed E-state index contributed by atoms with van der Waals surface area (Å²) in [5.41, 5.74) is 5.37. The van der Waals surface area contributed by atoms with E-state index in [0.717, 1.165) is 11.3 Å². The van der Waals surface area contributed by atoms with Crippen LogP contribution in [-0.4, -0.2) is 37.5 Å². The van der Waals surface area contributed by atoms with E-state index in [1.165, 1.54) is 0 Å². The number of nitrogens with zero attached hydrogens (tertiary/aromatic N) is 1. The van der Waals surface area contributed by atoms with Crippen molar-refractivity contribution >= 4 is 20.0 Å². The van der Waals surface area contributed by atoms with Crippen molar-refractivity contribution in [1.82, 2.24) is 5.01 Å². The fraction of sp³-hybridized carbons (Fsp3) is 0.588. The summed E-state index contributed by atoms with van der Waals surface area (Å²) < 4.78 is 6.25. The SMILES string of the molecule is CC(C)(C)[Si](C)(C)OCc1cccc(NN2CC(C(=O)O)C2)c1. The van der Waals surface area contributed by atoms with E-state index in [0.29, 0.717) is 19.7 Å². The molecule has 1 aliphatic heterocycles. The topological polar surface area (TPSA) is 61.8 Å². The van der Waals surface area contributed by atoms with E-state index in [9.17, 15) is 4.79 Å². The van der Waals surface area contributed by atoms with Crippen LogP contribution in [-0.2, 0) is 15.8 Å². The second kappa shape index (κ2) is 6.63. The second-order valence-electron chi connectivity index (χ2n) is 7.80. The van der Waals surface area contributed by atoms with Crippen molar-refractivity contribution in [2.24, 2.45) is 5.92 Å². The van der Waals surface area contributed by atoms with Crippen molar-refractivity contribution < 1.29 is 14.3 Å². The van der Waals surface area contributed by atoms with Gasteiger partial charge >= 0.3 is 5.97 Å². The maximum absolute atomic E-state index is 10.8. The predicted octanol–water partition coefficient (Wildman–Crippen LogP) is 3.55. The van der Waals surface area contributed by atoms with E-state index in [2.05, 4.69) is 51.4 Å². The lowest BCUT2D eigenvalue weighted by atomic mass is 10.0. The molecule has 1 aromatic carbocycles. The molecule has 5 nitrogen and oxygen atoms in total. The zero-order chi connectivity index (χ0) is 17.3. The number of aliphatic carboxylic acids is 1. The number of rotatable bonds is 6. The van der Waals surface area contributed by atoms with Gasteiger partial charge in [-0.05, 0) is 35.8 Å². The third-order valence-electron chi connectivity index (χ3n) is 4.85. The average molecular weight is 337 g/mol. The smallest absolute Gasteiger partial charge is 0.309 e. The predicted molar refractivity (Wildman–Crippen MR) is 94.7 cm³/mol. The van der Waals surface area contributed by atoms with Gasteiger partial charge in [0.15, 0.2) is 8.32 Å². The number of hydrazine groups is 1. The first kappa shape index (κ1) is 18.0. The summed E-state index contributed by atoms with van der Waals surface area (Å²) in [6.07, 6.45) is 0. The lowest BCUT2D eigenvalue weighted by Crippen LogP contribution is -2.52. The molecule has 6 heteroatoms. The molecule has 0 saturated carbocycles. The number of carboxylic acid groups (broad SMARTS) is 1. The minimum Gasteiger partial charge on any atom is -0.481 e. The highest BCUT2D eigenvalue weighted by Gasteiger charge is 2.37. The Balaban J connectivity index is 1.89. The molecule has 23 heavy (non-hydrogen) atoms. The molecule has 1 fully saturated rings. The lowest BCUT2D eigenvalue weighted by Gasteiger charge is -2.37. The average Bonchev–Trinajstić information content (AvgIpc) is 2.39. The number of anilines is 1. The lowest BCUT2D eigenvalue weighted by molar-refractivity contribution is -0.146. The maximum atomic E-state index is 10.8. The molecule has 2 rings (SSSR count). The molecule has 1 heterocycles. The summed E-state index contributed by atoms with van der Waals surface area (Å²) in [6.45, 7) is 12.9. The number of carboxylic acids is 1. The van der Waals surface area contributed by atoms with Crippen LogP contribution in [0.3, 0.4) is 0 Å². The molecule has 128 valence electrons. The molecule has 0 bridgehead atoms. The molecule has 1 aromatic rings. The van der Waals surface area contributed by atoms with Crippen LogP contribution in [0, 0.1) is 5.92 Å². The molecule has 0 spiro atoms. The fourth-order valence-electron chi connectivity index (χ4n) is 2.12. The second-order valence-corrected chi connectivity index (χ2v) is 12.6. The van der Waals surface area contributed by atoms with Gasteiger partial charge in [-0.2, -0.15) is 0 Å². The molecular formula is C17H28N2O3Si. The Morgan fingerprint density at radius 3 is 2.61 bits per heavy atom. The summed E-state index contributed by atoms with van der Waals surface area (Å²) in [5, 5.41) is 11.0. The first-order valence-electron chi connectivity index (χ1n) is 8.06. The standard InChI is InChI=1S/C17H28N2O3Si/c1-17(2,3)23(4,5)22-12-13-7-6-8-15(9-13)18-19-10-14(11-19)16(20)21/h6-9,14,18H,10-12H2,1-5H3,(H,20,21). The Hall–Kier alpha value is -1.37. The highest BCUT2D eigenvalue weighted by atomic mass is 28.4. The van der Waals surface area contributed by atoms with Gasteiger partial charge in [-0.15, -0.1) is 0 Å². The largest absolute Gasteiger partial charge is 0.481 e. The third kappa shape index (κ3) is 4.56. The van der Waals surface area contributed by atoms with Crippen molar-refractivity contribution in [2.45, 2.75) is 45.5 Å². The number of hydrogen-bond acceptors (Lipinski definition) is 4. The minimum absolute atomic E-state index is 0.201. The molecule has 0 radical (unpaired) electrons. The molecule has 0 aliphatic carbocycles. The van der Waals surface area contributed by atoms with Crippen LogP contribution in [0.15, 0.2) is 24.3 Å². The Morgan fingerprint density at radius 2 is 2.04 bits per heavy atom. The molecule has 0 atom stereocenters. The van der Waals surface area contributed by atoms with Gasteiger partial charge in [-0.3, -0.25) is 4.79 Å². The third-order valence-corrected chi connectivity index (χ3v) is 9.33. The molecule has 1 aliphatic rings. The van der Waals surface area contributed by atoms with Crippen molar-refractivity contribution in [3.05, 3.63) is 29.8 Å². The quantitative estimate of drug-likeness (QED) is 0.778. The van der Waals surface area contributed by atoms with Gasteiger partial charge in [0.1, 0.15) is 0 Å². The van der Waals surface area contributed by atoms with E-state index in [4.69, 9.17) is 9.53 Å². The number of hydrogen-bond donors (Lipinski definition) is 2. The van der Waals surface area contributed by atoms with Crippen LogP contribution in [0.2, 0.25) is 18.1 Å². The Morgan fingerprint density at radius 1 is 1.39 bits per heavy atom. The van der Waals surface area contributed by atoms with Gasteiger partial charge in [0.25, 0.3) is 0 Å². The van der Waals surface area contributed by atoms with Crippen molar-refractivity contribution in [2.75, 3.05) is 18.5 Å². The summed E-state index contributed by atoms with van der Waals surface area (Å²) in [4.78, 5) is 10.8.